The second-order valence-corrected chi connectivity index (χ2v) is 3.49. The summed E-state index contributed by atoms with van der Waals surface area (Å²) in [7, 11) is 0. The molecule has 0 fully saturated rings. The Labute approximate surface area is 98.8 Å². The Morgan fingerprint density at radius 2 is 2.12 bits per heavy atom. The molecule has 1 aromatic heterocycles. The van der Waals surface area contributed by atoms with Crippen molar-refractivity contribution in [2.45, 2.75) is 6.92 Å². The molecule has 0 aliphatic rings. The van der Waals surface area contributed by atoms with Crippen LogP contribution in [0.5, 0.6) is 5.75 Å². The van der Waals surface area contributed by atoms with Gasteiger partial charge < -0.3 is 20.3 Å². The van der Waals surface area contributed by atoms with Gasteiger partial charge in [-0.1, -0.05) is 5.16 Å². The van der Waals surface area contributed by atoms with Gasteiger partial charge in [-0.05, 0) is 31.2 Å². The van der Waals surface area contributed by atoms with Gasteiger partial charge in [0.15, 0.2) is 5.82 Å². The van der Waals surface area contributed by atoms with Crippen molar-refractivity contribution >= 4 is 11.7 Å². The summed E-state index contributed by atoms with van der Waals surface area (Å²) in [6.07, 6.45) is 0. The van der Waals surface area contributed by atoms with Gasteiger partial charge in [0, 0.05) is 5.69 Å². The first kappa shape index (κ1) is 11.3. The number of aromatic nitrogens is 2. The van der Waals surface area contributed by atoms with Crippen LogP contribution in [0.4, 0.5) is 11.7 Å². The lowest BCUT2D eigenvalue weighted by Gasteiger charge is -2.05. The lowest BCUT2D eigenvalue weighted by Crippen LogP contribution is -2.11. The summed E-state index contributed by atoms with van der Waals surface area (Å²) in [5, 5.41) is 6.62. The molecule has 0 saturated heterocycles. The molecule has 3 N–H and O–H groups in total. The zero-order valence-corrected chi connectivity index (χ0v) is 9.51. The van der Waals surface area contributed by atoms with E-state index in [0.29, 0.717) is 25.0 Å². The Morgan fingerprint density at radius 1 is 1.35 bits per heavy atom. The Bertz CT molecular complexity index is 467. The summed E-state index contributed by atoms with van der Waals surface area (Å²) in [5.74, 6) is 1.38. The van der Waals surface area contributed by atoms with Crippen LogP contribution in [-0.4, -0.2) is 23.3 Å². The van der Waals surface area contributed by atoms with E-state index in [2.05, 4.69) is 15.5 Å². The molecule has 0 spiro atoms. The van der Waals surface area contributed by atoms with E-state index in [0.717, 1.165) is 11.4 Å². The number of benzene rings is 1. The number of hydrogen-bond acceptors (Lipinski definition) is 6. The normalized spacial score (nSPS) is 10.2. The average molecular weight is 234 g/mol. The highest BCUT2D eigenvalue weighted by atomic mass is 16.5. The Morgan fingerprint density at radius 3 is 2.76 bits per heavy atom. The molecule has 0 aliphatic carbocycles. The molecule has 0 bridgehead atoms. The van der Waals surface area contributed by atoms with Gasteiger partial charge in [0.05, 0.1) is 6.54 Å². The Balaban J connectivity index is 1.71. The fourth-order valence-electron chi connectivity index (χ4n) is 1.26. The van der Waals surface area contributed by atoms with Gasteiger partial charge in [0.25, 0.3) is 0 Å². The number of nitrogens with one attached hydrogen (secondary N) is 1. The second kappa shape index (κ2) is 5.20. The summed E-state index contributed by atoms with van der Waals surface area (Å²) >= 11 is 0. The van der Waals surface area contributed by atoms with E-state index in [4.69, 9.17) is 15.0 Å². The molecule has 1 heterocycles. The first-order chi connectivity index (χ1) is 8.24. The molecule has 0 radical (unpaired) electrons. The highest BCUT2D eigenvalue weighted by Crippen LogP contribution is 2.12. The summed E-state index contributed by atoms with van der Waals surface area (Å²) in [4.78, 5) is 4.01. The highest BCUT2D eigenvalue weighted by Gasteiger charge is 2.00. The SMILES string of the molecule is Cc1noc(NCCOc2ccc(N)cc2)n1. The lowest BCUT2D eigenvalue weighted by molar-refractivity contribution is 0.330. The molecular weight excluding hydrogens is 220 g/mol. The molecule has 2 aromatic rings. The van der Waals surface area contributed by atoms with Crippen molar-refractivity contribution in [3.63, 3.8) is 0 Å². The predicted octanol–water partition coefficient (Wildman–Crippen LogP) is 1.45. The maximum atomic E-state index is 5.56. The highest BCUT2D eigenvalue weighted by molar-refractivity contribution is 5.41. The molecule has 0 unspecified atom stereocenters. The van der Waals surface area contributed by atoms with Crippen molar-refractivity contribution in [3.05, 3.63) is 30.1 Å². The van der Waals surface area contributed by atoms with Crippen molar-refractivity contribution in [1.29, 1.82) is 0 Å². The summed E-state index contributed by atoms with van der Waals surface area (Å²) in [6, 6.07) is 7.65. The smallest absolute Gasteiger partial charge is 0.321 e. The average Bonchev–Trinajstić information content (AvgIpc) is 2.73. The first-order valence-electron chi connectivity index (χ1n) is 5.26. The number of aryl methyl sites for hydroxylation is 1. The first-order valence-corrected chi connectivity index (χ1v) is 5.26. The third-order valence-electron chi connectivity index (χ3n) is 2.05. The van der Waals surface area contributed by atoms with Gasteiger partial charge in [-0.2, -0.15) is 4.98 Å². The molecule has 0 saturated carbocycles. The van der Waals surface area contributed by atoms with Crippen LogP contribution in [0.3, 0.4) is 0 Å². The molecule has 6 nitrogen and oxygen atoms in total. The van der Waals surface area contributed by atoms with Crippen molar-refractivity contribution < 1.29 is 9.26 Å². The molecular formula is C11H14N4O2. The number of hydrogen-bond donors (Lipinski definition) is 2. The number of ether oxygens (including phenoxy) is 1. The van der Waals surface area contributed by atoms with Crippen LogP contribution in [-0.2, 0) is 0 Å². The minimum Gasteiger partial charge on any atom is -0.492 e. The van der Waals surface area contributed by atoms with Gasteiger partial charge >= 0.3 is 6.01 Å². The van der Waals surface area contributed by atoms with E-state index in [1.54, 1.807) is 19.1 Å². The quantitative estimate of drug-likeness (QED) is 0.601. The van der Waals surface area contributed by atoms with Crippen molar-refractivity contribution in [3.8, 4) is 5.75 Å². The summed E-state index contributed by atoms with van der Waals surface area (Å²) in [6.45, 7) is 2.86. The number of nitrogen functional groups attached to an aromatic ring is 1. The maximum absolute atomic E-state index is 5.56. The summed E-state index contributed by atoms with van der Waals surface area (Å²) in [5.41, 5.74) is 6.28. The largest absolute Gasteiger partial charge is 0.492 e. The molecule has 17 heavy (non-hydrogen) atoms. The Hall–Kier alpha value is -2.24. The van der Waals surface area contributed by atoms with Gasteiger partial charge in [0.2, 0.25) is 0 Å². The molecule has 1 aromatic carbocycles. The van der Waals surface area contributed by atoms with Crippen LogP contribution in [0.2, 0.25) is 0 Å². The van der Waals surface area contributed by atoms with Gasteiger partial charge in [-0.25, -0.2) is 0 Å². The monoisotopic (exact) mass is 234 g/mol. The van der Waals surface area contributed by atoms with E-state index in [1.807, 2.05) is 12.1 Å². The van der Waals surface area contributed by atoms with Crippen LogP contribution in [0.15, 0.2) is 28.8 Å². The molecule has 0 aliphatic heterocycles. The zero-order valence-electron chi connectivity index (χ0n) is 9.51. The maximum Gasteiger partial charge on any atom is 0.321 e. The van der Waals surface area contributed by atoms with Gasteiger partial charge in [0.1, 0.15) is 12.4 Å². The zero-order chi connectivity index (χ0) is 12.1. The minimum atomic E-state index is 0.406. The third-order valence-corrected chi connectivity index (χ3v) is 2.05. The molecule has 90 valence electrons. The minimum absolute atomic E-state index is 0.406. The fraction of sp³-hybridized carbons (Fsp3) is 0.273. The molecule has 0 atom stereocenters. The molecule has 6 heteroatoms. The standard InChI is InChI=1S/C11H14N4O2/c1-8-14-11(17-15-8)13-6-7-16-10-4-2-9(12)3-5-10/h2-5H,6-7,12H2,1H3,(H,13,14,15). The van der Waals surface area contributed by atoms with Crippen molar-refractivity contribution in [2.24, 2.45) is 0 Å². The second-order valence-electron chi connectivity index (χ2n) is 3.49. The predicted molar refractivity (Wildman–Crippen MR) is 63.9 cm³/mol. The summed E-state index contributed by atoms with van der Waals surface area (Å²) < 4.78 is 10.4. The van der Waals surface area contributed by atoms with Gasteiger partial charge in [-0.3, -0.25) is 0 Å². The van der Waals surface area contributed by atoms with E-state index >= 15 is 0 Å². The molecule has 2 rings (SSSR count). The van der Waals surface area contributed by atoms with Crippen LogP contribution in [0.1, 0.15) is 5.82 Å². The topological polar surface area (TPSA) is 86.2 Å². The number of nitrogens with zero attached hydrogens (tertiary/aromatic N) is 2. The van der Waals surface area contributed by atoms with Crippen LogP contribution in [0, 0.1) is 6.92 Å². The van der Waals surface area contributed by atoms with Crippen LogP contribution < -0.4 is 15.8 Å². The van der Waals surface area contributed by atoms with E-state index in [1.165, 1.54) is 0 Å². The van der Waals surface area contributed by atoms with Crippen molar-refractivity contribution in [2.75, 3.05) is 24.2 Å². The fourth-order valence-corrected chi connectivity index (χ4v) is 1.26. The Kier molecular flexibility index (Phi) is 3.44. The number of rotatable bonds is 5. The molecule has 0 amide bonds. The van der Waals surface area contributed by atoms with Gasteiger partial charge in [-0.15, -0.1) is 0 Å². The van der Waals surface area contributed by atoms with Crippen molar-refractivity contribution in [1.82, 2.24) is 10.1 Å². The van der Waals surface area contributed by atoms with E-state index in [9.17, 15) is 0 Å². The third kappa shape index (κ3) is 3.37. The number of anilines is 2. The van der Waals surface area contributed by atoms with Crippen LogP contribution in [0.25, 0.3) is 0 Å². The number of nitrogens with two attached hydrogens (primary N) is 1. The van der Waals surface area contributed by atoms with E-state index in [-0.39, 0.29) is 0 Å². The lowest BCUT2D eigenvalue weighted by atomic mass is 10.3. The van der Waals surface area contributed by atoms with E-state index < -0.39 is 0 Å². The van der Waals surface area contributed by atoms with Crippen LogP contribution >= 0.6 is 0 Å².